The van der Waals surface area contributed by atoms with Gasteiger partial charge in [-0.25, -0.2) is 4.79 Å². The van der Waals surface area contributed by atoms with Crippen molar-refractivity contribution in [3.05, 3.63) is 41.2 Å². The number of halogens is 3. The Hall–Kier alpha value is -2.70. The number of alkyl halides is 3. The molecule has 2 amide bonds. The summed E-state index contributed by atoms with van der Waals surface area (Å²) in [5.41, 5.74) is -0.547. The van der Waals surface area contributed by atoms with Gasteiger partial charge in [0, 0.05) is 70.3 Å². The summed E-state index contributed by atoms with van der Waals surface area (Å²) in [6, 6.07) is 1.16. The van der Waals surface area contributed by atoms with Gasteiger partial charge in [-0.15, -0.1) is 0 Å². The van der Waals surface area contributed by atoms with Crippen molar-refractivity contribution in [2.75, 3.05) is 40.0 Å². The number of nitrogens with one attached hydrogen (secondary N) is 1. The van der Waals surface area contributed by atoms with Crippen molar-refractivity contribution in [2.45, 2.75) is 75.9 Å². The number of amides is 2. The SMILES string of the molecule is CO[C@@H]1COCC[C@@H]1N[C@@H]1C=C[C@](CCC2CCN(C(=O)O)CC2)(C(=O)N2CCc3ncc(C(F)(F)F)cc3C2)C1. The maximum Gasteiger partial charge on any atom is 0.417 e. The number of methoxy groups -OCH3 is 1. The number of aromatic nitrogens is 1. The second kappa shape index (κ2) is 12.3. The number of carbonyl (C=O) groups excluding carboxylic acids is 1. The van der Waals surface area contributed by atoms with Crippen LogP contribution in [0.3, 0.4) is 0 Å². The molecule has 2 N–H and O–H groups in total. The maximum atomic E-state index is 14.3. The highest BCUT2D eigenvalue weighted by Crippen LogP contribution is 2.42. The molecule has 0 aromatic carbocycles. The number of carboxylic acid groups (broad SMARTS) is 1. The lowest BCUT2D eigenvalue weighted by Gasteiger charge is -2.39. The van der Waals surface area contributed by atoms with E-state index in [0.29, 0.717) is 69.3 Å². The van der Waals surface area contributed by atoms with Crippen LogP contribution in [0, 0.1) is 11.3 Å². The van der Waals surface area contributed by atoms with Crippen molar-refractivity contribution in [3.63, 3.8) is 0 Å². The third kappa shape index (κ3) is 6.70. The summed E-state index contributed by atoms with van der Waals surface area (Å²) in [4.78, 5) is 32.8. The van der Waals surface area contributed by atoms with Crippen LogP contribution >= 0.6 is 0 Å². The number of hydrogen-bond acceptors (Lipinski definition) is 6. The Morgan fingerprint density at radius 2 is 2.00 bits per heavy atom. The lowest BCUT2D eigenvalue weighted by Crippen LogP contribution is -2.51. The van der Waals surface area contributed by atoms with E-state index in [1.165, 1.54) is 4.90 Å². The number of carbonyl (C=O) groups is 2. The van der Waals surface area contributed by atoms with Gasteiger partial charge in [-0.05, 0) is 56.1 Å². The van der Waals surface area contributed by atoms with Gasteiger partial charge >= 0.3 is 12.3 Å². The van der Waals surface area contributed by atoms with Crippen LogP contribution in [0.1, 0.15) is 55.3 Å². The van der Waals surface area contributed by atoms with E-state index in [1.807, 2.05) is 12.2 Å². The van der Waals surface area contributed by atoms with Crippen molar-refractivity contribution < 1.29 is 37.3 Å². The molecule has 5 rings (SSSR count). The molecule has 4 atom stereocenters. The molecule has 3 aliphatic heterocycles. The van der Waals surface area contributed by atoms with Crippen LogP contribution in [-0.2, 0) is 33.4 Å². The fourth-order valence-electron chi connectivity index (χ4n) is 6.75. The quantitative estimate of drug-likeness (QED) is 0.472. The predicted molar refractivity (Wildman–Crippen MR) is 143 cm³/mol. The standard InChI is InChI=1S/C29H39F3N4O5/c1-40-25-18-41-13-7-24(25)34-22-3-9-28(15-22,8-2-19-4-10-35(11-5-19)27(38)39)26(37)36-12-6-23-20(17-36)14-21(16-33-23)29(30,31)32/h3,9,14,16,19,22,24-25,34H,2,4-8,10-13,15,17-18H2,1H3,(H,38,39)/t22-,24+,25-,28+/m1/s1. The molecule has 0 unspecified atom stereocenters. The number of ether oxygens (including phenoxy) is 2. The molecule has 226 valence electrons. The van der Waals surface area contributed by atoms with E-state index in [0.717, 1.165) is 37.9 Å². The Bertz CT molecular complexity index is 1140. The first-order valence-corrected chi connectivity index (χ1v) is 14.5. The first-order valence-electron chi connectivity index (χ1n) is 14.5. The van der Waals surface area contributed by atoms with Crippen molar-refractivity contribution in [3.8, 4) is 0 Å². The molecule has 4 heterocycles. The Morgan fingerprint density at radius 3 is 2.71 bits per heavy atom. The van der Waals surface area contributed by atoms with E-state index in [2.05, 4.69) is 10.3 Å². The summed E-state index contributed by atoms with van der Waals surface area (Å²) in [7, 11) is 1.66. The van der Waals surface area contributed by atoms with E-state index >= 15 is 0 Å². The monoisotopic (exact) mass is 580 g/mol. The largest absolute Gasteiger partial charge is 0.465 e. The average Bonchev–Trinajstić information content (AvgIpc) is 3.39. The van der Waals surface area contributed by atoms with Crippen LogP contribution in [0.5, 0.6) is 0 Å². The molecule has 12 heteroatoms. The average molecular weight is 581 g/mol. The first-order chi connectivity index (χ1) is 19.6. The zero-order chi connectivity index (χ0) is 29.2. The Labute approximate surface area is 238 Å². The molecule has 1 aromatic heterocycles. The number of piperidine rings is 1. The van der Waals surface area contributed by atoms with E-state index < -0.39 is 23.2 Å². The lowest BCUT2D eigenvalue weighted by atomic mass is 9.76. The minimum Gasteiger partial charge on any atom is -0.465 e. The molecule has 2 fully saturated rings. The topological polar surface area (TPSA) is 104 Å². The number of nitrogens with zero attached hydrogens (tertiary/aromatic N) is 3. The van der Waals surface area contributed by atoms with Crippen LogP contribution in [-0.4, -0.2) is 90.0 Å². The second-order valence-corrected chi connectivity index (χ2v) is 11.8. The number of hydrogen-bond donors (Lipinski definition) is 2. The van der Waals surface area contributed by atoms with E-state index in [-0.39, 0.29) is 30.6 Å². The van der Waals surface area contributed by atoms with Gasteiger partial charge < -0.3 is 29.7 Å². The molecular weight excluding hydrogens is 541 g/mol. The summed E-state index contributed by atoms with van der Waals surface area (Å²) in [6.45, 7) is 2.61. The molecular formula is C29H39F3N4O5. The lowest BCUT2D eigenvalue weighted by molar-refractivity contribution is -0.141. The maximum absolute atomic E-state index is 14.3. The minimum absolute atomic E-state index is 0.0517. The molecule has 2 saturated heterocycles. The summed E-state index contributed by atoms with van der Waals surface area (Å²) in [5, 5.41) is 13.0. The van der Waals surface area contributed by atoms with Gasteiger partial charge in [0.25, 0.3) is 0 Å². The molecule has 0 spiro atoms. The highest BCUT2D eigenvalue weighted by molar-refractivity contribution is 5.85. The highest BCUT2D eigenvalue weighted by atomic mass is 19.4. The smallest absolute Gasteiger partial charge is 0.417 e. The molecule has 1 aliphatic carbocycles. The first kappa shape index (κ1) is 29.8. The Balaban J connectivity index is 1.31. The molecule has 0 bridgehead atoms. The van der Waals surface area contributed by atoms with Crippen molar-refractivity contribution in [1.29, 1.82) is 0 Å². The number of likely N-dealkylation sites (tertiary alicyclic amines) is 1. The summed E-state index contributed by atoms with van der Waals surface area (Å²) in [6.07, 6.45) is 4.07. The number of pyridine rings is 1. The Kier molecular flexibility index (Phi) is 8.91. The minimum atomic E-state index is -4.50. The zero-order valence-corrected chi connectivity index (χ0v) is 23.4. The van der Waals surface area contributed by atoms with Gasteiger partial charge in [-0.1, -0.05) is 12.2 Å². The van der Waals surface area contributed by atoms with Crippen LogP contribution < -0.4 is 5.32 Å². The van der Waals surface area contributed by atoms with Gasteiger partial charge in [0.05, 0.1) is 23.7 Å². The van der Waals surface area contributed by atoms with Crippen LogP contribution in [0.25, 0.3) is 0 Å². The molecule has 0 radical (unpaired) electrons. The van der Waals surface area contributed by atoms with Gasteiger partial charge in [-0.2, -0.15) is 13.2 Å². The van der Waals surface area contributed by atoms with E-state index in [1.54, 1.807) is 12.0 Å². The van der Waals surface area contributed by atoms with Gasteiger partial charge in [0.2, 0.25) is 5.91 Å². The van der Waals surface area contributed by atoms with Crippen molar-refractivity contribution >= 4 is 12.0 Å². The summed E-state index contributed by atoms with van der Waals surface area (Å²) in [5.74, 6) is 0.240. The fraction of sp³-hybridized carbons (Fsp3) is 0.690. The molecule has 0 saturated carbocycles. The fourth-order valence-corrected chi connectivity index (χ4v) is 6.75. The molecule has 41 heavy (non-hydrogen) atoms. The van der Waals surface area contributed by atoms with Crippen LogP contribution in [0.15, 0.2) is 24.4 Å². The Morgan fingerprint density at radius 1 is 1.22 bits per heavy atom. The molecule has 1 aromatic rings. The van der Waals surface area contributed by atoms with Crippen LogP contribution in [0.4, 0.5) is 18.0 Å². The van der Waals surface area contributed by atoms with Crippen molar-refractivity contribution in [2.24, 2.45) is 11.3 Å². The van der Waals surface area contributed by atoms with Gasteiger partial charge in [0.15, 0.2) is 0 Å². The highest BCUT2D eigenvalue weighted by Gasteiger charge is 2.45. The second-order valence-electron chi connectivity index (χ2n) is 11.8. The van der Waals surface area contributed by atoms with Crippen LogP contribution in [0.2, 0.25) is 0 Å². The van der Waals surface area contributed by atoms with E-state index in [4.69, 9.17) is 9.47 Å². The van der Waals surface area contributed by atoms with Gasteiger partial charge in [0.1, 0.15) is 0 Å². The molecule has 9 nitrogen and oxygen atoms in total. The number of rotatable bonds is 7. The number of fused-ring (bicyclic) bond motifs is 1. The summed E-state index contributed by atoms with van der Waals surface area (Å²) < 4.78 is 51.3. The zero-order valence-electron chi connectivity index (χ0n) is 23.4. The predicted octanol–water partition coefficient (Wildman–Crippen LogP) is 3.86. The third-order valence-electron chi connectivity index (χ3n) is 9.23. The normalized spacial score (nSPS) is 29.0. The van der Waals surface area contributed by atoms with Gasteiger partial charge in [-0.3, -0.25) is 9.78 Å². The third-order valence-corrected chi connectivity index (χ3v) is 9.23. The molecule has 4 aliphatic rings. The van der Waals surface area contributed by atoms with E-state index in [9.17, 15) is 27.9 Å². The summed E-state index contributed by atoms with van der Waals surface area (Å²) >= 11 is 0. The van der Waals surface area contributed by atoms with Crippen molar-refractivity contribution in [1.82, 2.24) is 20.1 Å².